The summed E-state index contributed by atoms with van der Waals surface area (Å²) in [6.07, 6.45) is 0. The first kappa shape index (κ1) is 13.8. The predicted molar refractivity (Wildman–Crippen MR) is 72.9 cm³/mol. The Kier molecular flexibility index (Phi) is 4.36. The number of thiazole rings is 1. The van der Waals surface area contributed by atoms with E-state index in [0.717, 1.165) is 10.7 Å². The zero-order chi connectivity index (χ0) is 13.8. The van der Waals surface area contributed by atoms with Gasteiger partial charge in [0.15, 0.2) is 0 Å². The van der Waals surface area contributed by atoms with E-state index in [1.807, 2.05) is 12.3 Å². The third-order valence-electron chi connectivity index (χ3n) is 3.07. The van der Waals surface area contributed by atoms with Crippen LogP contribution in [-0.2, 0) is 11.3 Å². The molecule has 19 heavy (non-hydrogen) atoms. The van der Waals surface area contributed by atoms with Crippen molar-refractivity contribution in [2.24, 2.45) is 0 Å². The second-order valence-corrected chi connectivity index (χ2v) is 5.48. The van der Waals surface area contributed by atoms with Crippen LogP contribution < -0.4 is 5.32 Å². The largest absolute Gasteiger partial charge is 0.339 e. The molecule has 3 amide bonds. The van der Waals surface area contributed by atoms with Crippen LogP contribution in [0.25, 0.3) is 0 Å². The lowest BCUT2D eigenvalue weighted by Gasteiger charge is -2.34. The molecule has 0 unspecified atom stereocenters. The van der Waals surface area contributed by atoms with Crippen LogP contribution in [0.1, 0.15) is 17.6 Å². The number of rotatable bonds is 2. The van der Waals surface area contributed by atoms with E-state index >= 15 is 0 Å². The van der Waals surface area contributed by atoms with E-state index in [2.05, 4.69) is 10.3 Å². The first-order chi connectivity index (χ1) is 9.06. The summed E-state index contributed by atoms with van der Waals surface area (Å²) in [7, 11) is 0. The lowest BCUT2D eigenvalue weighted by atomic mass is 10.3. The van der Waals surface area contributed by atoms with Gasteiger partial charge in [0.1, 0.15) is 5.01 Å². The zero-order valence-corrected chi connectivity index (χ0v) is 12.0. The third-order valence-corrected chi connectivity index (χ3v) is 4.04. The third kappa shape index (κ3) is 3.66. The van der Waals surface area contributed by atoms with Gasteiger partial charge in [-0.2, -0.15) is 0 Å². The molecule has 6 nitrogen and oxygen atoms in total. The summed E-state index contributed by atoms with van der Waals surface area (Å²) in [6, 6.07) is -0.0870. The molecule has 0 bridgehead atoms. The molecule has 0 radical (unpaired) electrons. The SMILES string of the molecule is CC(=O)N1CCN(C(=O)NCc2nc(C)cs2)CC1. The molecule has 0 aromatic carbocycles. The van der Waals surface area contributed by atoms with Gasteiger partial charge in [-0.05, 0) is 6.92 Å². The fourth-order valence-corrected chi connectivity index (χ4v) is 2.68. The summed E-state index contributed by atoms with van der Waals surface area (Å²) in [4.78, 5) is 30.9. The van der Waals surface area contributed by atoms with Crippen molar-refractivity contribution in [3.05, 3.63) is 16.1 Å². The smallest absolute Gasteiger partial charge is 0.317 e. The Balaban J connectivity index is 1.77. The molecule has 2 rings (SSSR count). The molecule has 104 valence electrons. The van der Waals surface area contributed by atoms with Crippen molar-refractivity contribution in [3.8, 4) is 0 Å². The lowest BCUT2D eigenvalue weighted by molar-refractivity contribution is -0.130. The maximum atomic E-state index is 11.9. The van der Waals surface area contributed by atoms with Gasteiger partial charge in [-0.25, -0.2) is 9.78 Å². The van der Waals surface area contributed by atoms with Gasteiger partial charge in [-0.15, -0.1) is 11.3 Å². The number of nitrogens with one attached hydrogen (secondary N) is 1. The second-order valence-electron chi connectivity index (χ2n) is 4.53. The molecule has 0 saturated carbocycles. The topological polar surface area (TPSA) is 65.5 Å². The highest BCUT2D eigenvalue weighted by Crippen LogP contribution is 2.08. The Hall–Kier alpha value is -1.63. The number of hydrogen-bond donors (Lipinski definition) is 1. The number of urea groups is 1. The van der Waals surface area contributed by atoms with Gasteiger partial charge in [0.25, 0.3) is 0 Å². The second kappa shape index (κ2) is 6.01. The van der Waals surface area contributed by atoms with Crippen molar-refractivity contribution in [1.29, 1.82) is 0 Å². The minimum Gasteiger partial charge on any atom is -0.339 e. The maximum Gasteiger partial charge on any atom is 0.317 e. The van der Waals surface area contributed by atoms with E-state index in [1.165, 1.54) is 0 Å². The van der Waals surface area contributed by atoms with Crippen LogP contribution >= 0.6 is 11.3 Å². The Bertz CT molecular complexity index is 466. The standard InChI is InChI=1S/C12H18N4O2S/c1-9-8-19-11(14-9)7-13-12(18)16-5-3-15(4-6-16)10(2)17/h8H,3-7H2,1-2H3,(H,13,18). The lowest BCUT2D eigenvalue weighted by Crippen LogP contribution is -2.52. The van der Waals surface area contributed by atoms with E-state index in [0.29, 0.717) is 32.7 Å². The number of carbonyl (C=O) groups is 2. The van der Waals surface area contributed by atoms with Crippen LogP contribution in [0.4, 0.5) is 4.79 Å². The van der Waals surface area contributed by atoms with Crippen molar-refractivity contribution < 1.29 is 9.59 Å². The number of amides is 3. The summed E-state index contributed by atoms with van der Waals surface area (Å²) < 4.78 is 0. The highest BCUT2D eigenvalue weighted by Gasteiger charge is 2.22. The molecular formula is C12H18N4O2S. The summed E-state index contributed by atoms with van der Waals surface area (Å²) >= 11 is 1.55. The van der Waals surface area contributed by atoms with Gasteiger partial charge in [0.2, 0.25) is 5.91 Å². The molecule has 0 atom stereocenters. The van der Waals surface area contributed by atoms with E-state index in [1.54, 1.807) is 28.1 Å². The van der Waals surface area contributed by atoms with Crippen LogP contribution in [0.5, 0.6) is 0 Å². The Morgan fingerprint density at radius 2 is 1.95 bits per heavy atom. The first-order valence-electron chi connectivity index (χ1n) is 6.25. The fraction of sp³-hybridized carbons (Fsp3) is 0.583. The van der Waals surface area contributed by atoms with Gasteiger partial charge in [-0.3, -0.25) is 4.79 Å². The van der Waals surface area contributed by atoms with E-state index in [4.69, 9.17) is 0 Å². The average Bonchev–Trinajstić information content (AvgIpc) is 2.82. The average molecular weight is 282 g/mol. The number of hydrogen-bond acceptors (Lipinski definition) is 4. The molecule has 1 aromatic rings. The number of piperazine rings is 1. The summed E-state index contributed by atoms with van der Waals surface area (Å²) in [6.45, 7) is 6.34. The predicted octanol–water partition coefficient (Wildman–Crippen LogP) is 0.825. The highest BCUT2D eigenvalue weighted by molar-refractivity contribution is 7.09. The molecule has 0 aliphatic carbocycles. The first-order valence-corrected chi connectivity index (χ1v) is 7.13. The van der Waals surface area contributed by atoms with Gasteiger partial charge in [-0.1, -0.05) is 0 Å². The Labute approximate surface area is 116 Å². The van der Waals surface area contributed by atoms with Crippen LogP contribution in [-0.4, -0.2) is 52.9 Å². The normalized spacial score (nSPS) is 15.5. The van der Waals surface area contributed by atoms with Crippen LogP contribution in [0.15, 0.2) is 5.38 Å². The van der Waals surface area contributed by atoms with Crippen molar-refractivity contribution in [2.45, 2.75) is 20.4 Å². The quantitative estimate of drug-likeness (QED) is 0.873. The molecule has 2 heterocycles. The molecule has 7 heteroatoms. The molecule has 1 saturated heterocycles. The minimum atomic E-state index is -0.0870. The van der Waals surface area contributed by atoms with Crippen molar-refractivity contribution >= 4 is 23.3 Å². The zero-order valence-electron chi connectivity index (χ0n) is 11.2. The van der Waals surface area contributed by atoms with Crippen molar-refractivity contribution in [2.75, 3.05) is 26.2 Å². The summed E-state index contributed by atoms with van der Waals surface area (Å²) in [5, 5.41) is 5.73. The summed E-state index contributed by atoms with van der Waals surface area (Å²) in [5.74, 6) is 0.0679. The molecule has 1 aliphatic rings. The molecular weight excluding hydrogens is 264 g/mol. The van der Waals surface area contributed by atoms with Crippen LogP contribution in [0.3, 0.4) is 0 Å². The molecule has 1 aliphatic heterocycles. The fourth-order valence-electron chi connectivity index (χ4n) is 1.97. The van der Waals surface area contributed by atoms with E-state index < -0.39 is 0 Å². The van der Waals surface area contributed by atoms with Gasteiger partial charge >= 0.3 is 6.03 Å². The number of aryl methyl sites for hydroxylation is 1. The van der Waals surface area contributed by atoms with Gasteiger partial charge < -0.3 is 15.1 Å². The van der Waals surface area contributed by atoms with E-state index in [-0.39, 0.29) is 11.9 Å². The molecule has 1 N–H and O–H groups in total. The van der Waals surface area contributed by atoms with Crippen LogP contribution in [0.2, 0.25) is 0 Å². The monoisotopic (exact) mass is 282 g/mol. The Morgan fingerprint density at radius 1 is 1.32 bits per heavy atom. The Morgan fingerprint density at radius 3 is 2.47 bits per heavy atom. The van der Waals surface area contributed by atoms with Crippen molar-refractivity contribution in [1.82, 2.24) is 20.1 Å². The molecule has 1 fully saturated rings. The minimum absolute atomic E-state index is 0.0679. The molecule has 1 aromatic heterocycles. The maximum absolute atomic E-state index is 11.9. The van der Waals surface area contributed by atoms with E-state index in [9.17, 15) is 9.59 Å². The van der Waals surface area contributed by atoms with Gasteiger partial charge in [0, 0.05) is 44.2 Å². The molecule has 0 spiro atoms. The number of aromatic nitrogens is 1. The number of carbonyl (C=O) groups excluding carboxylic acids is 2. The highest BCUT2D eigenvalue weighted by atomic mass is 32.1. The summed E-state index contributed by atoms with van der Waals surface area (Å²) in [5.41, 5.74) is 0.976. The van der Waals surface area contributed by atoms with Gasteiger partial charge in [0.05, 0.1) is 6.54 Å². The number of nitrogens with zero attached hydrogens (tertiary/aromatic N) is 3. The van der Waals surface area contributed by atoms with Crippen molar-refractivity contribution in [3.63, 3.8) is 0 Å². The van der Waals surface area contributed by atoms with Crippen LogP contribution in [0, 0.1) is 6.92 Å².